The van der Waals surface area contributed by atoms with Crippen LogP contribution in [0.2, 0.25) is 0 Å². The van der Waals surface area contributed by atoms with E-state index in [-0.39, 0.29) is 24.4 Å². The van der Waals surface area contributed by atoms with Gasteiger partial charge in [-0.25, -0.2) is 4.99 Å². The van der Waals surface area contributed by atoms with Crippen LogP contribution < -0.4 is 21.7 Å². The number of hydrogen-bond donors (Lipinski definition) is 3. The highest BCUT2D eigenvalue weighted by Crippen LogP contribution is 2.59. The van der Waals surface area contributed by atoms with Crippen LogP contribution in [0.4, 0.5) is 5.69 Å². The first-order valence-electron chi connectivity index (χ1n) is 26.4. The van der Waals surface area contributed by atoms with E-state index < -0.39 is 0 Å². The molecule has 13 atom stereocenters. The van der Waals surface area contributed by atoms with Crippen molar-refractivity contribution in [2.45, 2.75) is 107 Å². The minimum Gasteiger partial charge on any atom is -0.494 e. The number of benzene rings is 4. The highest BCUT2D eigenvalue weighted by Gasteiger charge is 2.56. The van der Waals surface area contributed by atoms with Crippen LogP contribution in [0, 0.1) is 41.4 Å². The van der Waals surface area contributed by atoms with E-state index in [0.717, 1.165) is 69.8 Å². The Labute approximate surface area is 410 Å². The molecule has 0 amide bonds. The number of nitrogens with one attached hydrogen (secondary N) is 1. The molecule has 2 saturated heterocycles. The molecule has 69 heavy (non-hydrogen) atoms. The number of amidine groups is 1. The summed E-state index contributed by atoms with van der Waals surface area (Å²) in [5, 5.41) is 4.03. The first kappa shape index (κ1) is 44.3. The van der Waals surface area contributed by atoms with E-state index in [1.54, 1.807) is 11.1 Å². The van der Waals surface area contributed by atoms with Gasteiger partial charge in [0.1, 0.15) is 18.1 Å². The summed E-state index contributed by atoms with van der Waals surface area (Å²) >= 11 is 0. The minimum atomic E-state index is -0.325. The molecule has 0 radical (unpaired) electrons. The number of nitrogens with two attached hydrogens (primary N) is 2. The number of ether oxygens (including phenoxy) is 1. The predicted molar refractivity (Wildman–Crippen MR) is 283 cm³/mol. The van der Waals surface area contributed by atoms with Gasteiger partial charge in [0, 0.05) is 35.0 Å². The Morgan fingerprint density at radius 1 is 0.710 bits per heavy atom. The van der Waals surface area contributed by atoms with Gasteiger partial charge in [-0.15, -0.1) is 0 Å². The molecular weight excluding hydrogens is 843 g/mol. The SMILES string of the molecule is N/C(=N\C(NC(N)C1CC(C2C=C(c3ccccc3)CCC2c2ccccc2)CC[C@@H]1C1=CCCC2OC3=CC4C5=CC=CCC5N(c5ccccc5)C4C[C@H]3C12)C1=CC=CCC1)c1ccccc1. The van der Waals surface area contributed by atoms with Crippen molar-refractivity contribution < 1.29 is 4.74 Å². The predicted octanol–water partition coefficient (Wildman–Crippen LogP) is 12.6. The second-order valence-corrected chi connectivity index (χ2v) is 21.3. The zero-order valence-electron chi connectivity index (χ0n) is 40.0. The van der Waals surface area contributed by atoms with Gasteiger partial charge in [-0.05, 0) is 146 Å². The molecule has 1 saturated carbocycles. The van der Waals surface area contributed by atoms with Gasteiger partial charge in [0.05, 0.1) is 18.0 Å². The lowest BCUT2D eigenvalue weighted by molar-refractivity contribution is 0.0914. The second-order valence-electron chi connectivity index (χ2n) is 21.3. The summed E-state index contributed by atoms with van der Waals surface area (Å²) < 4.78 is 7.23. The van der Waals surface area contributed by atoms with Gasteiger partial charge in [-0.1, -0.05) is 163 Å². The molecule has 4 aromatic carbocycles. The zero-order chi connectivity index (χ0) is 46.3. The summed E-state index contributed by atoms with van der Waals surface area (Å²) in [5.74, 6) is 4.72. The maximum Gasteiger partial charge on any atom is 0.127 e. The van der Waals surface area contributed by atoms with Crippen LogP contribution in [0.5, 0.6) is 0 Å². The molecule has 8 aliphatic rings. The minimum absolute atomic E-state index is 0.187. The Balaban J connectivity index is 0.908. The number of hydrogen-bond acceptors (Lipinski definition) is 5. The molecule has 6 nitrogen and oxygen atoms in total. The van der Waals surface area contributed by atoms with Crippen LogP contribution in [-0.2, 0) is 4.74 Å². The van der Waals surface area contributed by atoms with E-state index >= 15 is 0 Å². The van der Waals surface area contributed by atoms with Gasteiger partial charge in [-0.2, -0.15) is 0 Å². The van der Waals surface area contributed by atoms with E-state index in [4.69, 9.17) is 21.2 Å². The Kier molecular flexibility index (Phi) is 12.5. The molecule has 5 N–H and O–H groups in total. The largest absolute Gasteiger partial charge is 0.494 e. The van der Waals surface area contributed by atoms with Crippen LogP contribution in [0.15, 0.2) is 203 Å². The lowest BCUT2D eigenvalue weighted by atomic mass is 9.58. The summed E-state index contributed by atoms with van der Waals surface area (Å²) in [4.78, 5) is 8.06. The number of rotatable bonds is 11. The average molecular weight is 912 g/mol. The van der Waals surface area contributed by atoms with Gasteiger partial charge in [0.25, 0.3) is 0 Å². The van der Waals surface area contributed by atoms with Crippen molar-refractivity contribution in [2.75, 3.05) is 4.90 Å². The van der Waals surface area contributed by atoms with E-state index in [2.05, 4.69) is 168 Å². The van der Waals surface area contributed by atoms with E-state index in [1.165, 1.54) is 40.1 Å². The summed E-state index contributed by atoms with van der Waals surface area (Å²) in [6, 6.07) is 44.7. The normalized spacial score (nSPS) is 32.4. The molecule has 2 aliphatic heterocycles. The van der Waals surface area contributed by atoms with Gasteiger partial charge >= 0.3 is 0 Å². The third-order valence-corrected chi connectivity index (χ3v) is 17.7. The van der Waals surface area contributed by atoms with Gasteiger partial charge in [0.2, 0.25) is 0 Å². The van der Waals surface area contributed by atoms with E-state index in [1.807, 2.05) is 18.2 Å². The molecule has 3 fully saturated rings. The van der Waals surface area contributed by atoms with Crippen molar-refractivity contribution in [1.29, 1.82) is 0 Å². The number of fused-ring (bicyclic) bond motifs is 6. The van der Waals surface area contributed by atoms with Crippen molar-refractivity contribution in [3.63, 3.8) is 0 Å². The fraction of sp³-hybridized carbons (Fsp3) is 0.381. The van der Waals surface area contributed by atoms with Gasteiger partial charge in [-0.3, -0.25) is 5.32 Å². The van der Waals surface area contributed by atoms with Crippen LogP contribution in [0.3, 0.4) is 0 Å². The molecule has 0 bridgehead atoms. The molecule has 11 unspecified atom stereocenters. The molecule has 0 spiro atoms. The first-order chi connectivity index (χ1) is 34.1. The van der Waals surface area contributed by atoms with Gasteiger partial charge in [0.15, 0.2) is 0 Å². The lowest BCUT2D eigenvalue weighted by Gasteiger charge is -2.48. The molecule has 352 valence electrons. The molecule has 6 heteroatoms. The Bertz CT molecular complexity index is 2720. The Hall–Kier alpha value is -5.95. The fourth-order valence-corrected chi connectivity index (χ4v) is 14.6. The molecule has 0 aromatic heterocycles. The highest BCUT2D eigenvalue weighted by atomic mass is 16.5. The standard InChI is InChI=1S/C63H69N5O/c64-61(43-23-10-3-11-24-43)66-63(44-25-12-4-13-26-44)67-62(65)54-38-46(52-37-45(41-19-6-1-7-20-41)33-35-48(52)42-21-8-2-9-22-42)34-36-49(54)51-30-18-32-58-60(51)55-39-57-53(40-59(55)69-58)50-29-16-17-31-56(50)68(57)47-27-14-5-15-28-47/h1-12,14-17,19-25,27-30,37,40,46,48-49,52-58,60,62-63,67H,13,18,26,31-36,38-39,65H2,(H2,64,66)/t46?,48?,49-,52?,53?,54?,55-,56?,57?,58?,60?,62?,63?/m1/s1. The molecule has 12 rings (SSSR count). The maximum absolute atomic E-state index is 7.84. The van der Waals surface area contributed by atoms with Gasteiger partial charge < -0.3 is 21.1 Å². The number of para-hydroxylation sites is 1. The van der Waals surface area contributed by atoms with Crippen molar-refractivity contribution in [3.8, 4) is 0 Å². The topological polar surface area (TPSA) is 88.9 Å². The number of nitrogens with zero attached hydrogens (tertiary/aromatic N) is 2. The highest BCUT2D eigenvalue weighted by molar-refractivity contribution is 5.97. The van der Waals surface area contributed by atoms with Crippen molar-refractivity contribution >= 4 is 17.1 Å². The van der Waals surface area contributed by atoms with Crippen LogP contribution in [-0.4, -0.2) is 36.4 Å². The van der Waals surface area contributed by atoms with Crippen LogP contribution in [0.1, 0.15) is 93.2 Å². The number of aliphatic imine (C=N–C) groups is 1. The monoisotopic (exact) mass is 912 g/mol. The third kappa shape index (κ3) is 8.63. The molecular formula is C63H69N5O. The smallest absolute Gasteiger partial charge is 0.127 e. The molecule has 4 aromatic rings. The Morgan fingerprint density at radius 2 is 1.46 bits per heavy atom. The van der Waals surface area contributed by atoms with E-state index in [0.29, 0.717) is 59.3 Å². The summed E-state index contributed by atoms with van der Waals surface area (Å²) in [7, 11) is 0. The number of anilines is 1. The van der Waals surface area contributed by atoms with Crippen LogP contribution in [0.25, 0.3) is 5.57 Å². The second kappa shape index (κ2) is 19.4. The van der Waals surface area contributed by atoms with Crippen LogP contribution >= 0.6 is 0 Å². The van der Waals surface area contributed by atoms with Crippen molar-refractivity contribution in [1.82, 2.24) is 5.32 Å². The summed E-state index contributed by atoms with van der Waals surface area (Å²) in [6.07, 6.45) is 33.0. The summed E-state index contributed by atoms with van der Waals surface area (Å²) in [5.41, 5.74) is 25.7. The average Bonchev–Trinajstić information content (AvgIpc) is 3.95. The van der Waals surface area contributed by atoms with E-state index in [9.17, 15) is 0 Å². The quantitative estimate of drug-likeness (QED) is 0.0604. The summed E-state index contributed by atoms with van der Waals surface area (Å²) in [6.45, 7) is 0. The Morgan fingerprint density at radius 3 is 2.25 bits per heavy atom. The van der Waals surface area contributed by atoms with Crippen molar-refractivity contribution in [3.05, 3.63) is 215 Å². The molecule has 6 aliphatic carbocycles. The first-order valence-corrected chi connectivity index (χ1v) is 26.4. The fourth-order valence-electron chi connectivity index (χ4n) is 14.6. The van der Waals surface area contributed by atoms with Crippen molar-refractivity contribution in [2.24, 2.45) is 57.9 Å². The number of allylic oxidation sites excluding steroid dienone is 9. The third-order valence-electron chi connectivity index (χ3n) is 17.7. The zero-order valence-corrected chi connectivity index (χ0v) is 40.0. The molecule has 2 heterocycles. The maximum atomic E-state index is 7.84. The lowest BCUT2D eigenvalue weighted by Crippen LogP contribution is -2.54.